The smallest absolute Gasteiger partial charge is 0.164 e. The van der Waals surface area contributed by atoms with Gasteiger partial charge in [0, 0.05) is 5.69 Å². The van der Waals surface area contributed by atoms with Gasteiger partial charge in [-0.1, -0.05) is 11.6 Å². The first-order chi connectivity index (χ1) is 7.99. The van der Waals surface area contributed by atoms with Crippen molar-refractivity contribution >= 4 is 17.4 Å². The SMILES string of the molecule is Cc1cc(C)c(C(=N)N)c(-n2cc(Cl)cn2)n1. The number of nitrogens with zero attached hydrogens (tertiary/aromatic N) is 3. The number of nitrogens with one attached hydrogen (secondary N) is 1. The standard InChI is InChI=1S/C11H12ClN5/c1-6-3-7(2)16-11(9(6)10(13)14)17-5-8(12)4-15-17/h3-5H,1-2H3,(H3,13,14). The van der Waals surface area contributed by atoms with Gasteiger partial charge in [0.05, 0.1) is 23.0 Å². The summed E-state index contributed by atoms with van der Waals surface area (Å²) in [5.41, 5.74) is 7.89. The molecule has 17 heavy (non-hydrogen) atoms. The van der Waals surface area contributed by atoms with Crippen molar-refractivity contribution in [3.05, 3.63) is 40.3 Å². The number of pyridine rings is 1. The van der Waals surface area contributed by atoms with Gasteiger partial charge < -0.3 is 5.73 Å². The fourth-order valence-corrected chi connectivity index (χ4v) is 1.87. The lowest BCUT2D eigenvalue weighted by Crippen LogP contribution is -2.18. The molecule has 0 amide bonds. The van der Waals surface area contributed by atoms with Gasteiger partial charge in [0.2, 0.25) is 0 Å². The topological polar surface area (TPSA) is 80.6 Å². The van der Waals surface area contributed by atoms with E-state index in [1.54, 1.807) is 6.20 Å². The number of nitrogen functional groups attached to an aromatic ring is 1. The molecule has 0 atom stereocenters. The number of rotatable bonds is 2. The van der Waals surface area contributed by atoms with Gasteiger partial charge in [-0.05, 0) is 25.5 Å². The van der Waals surface area contributed by atoms with E-state index in [4.69, 9.17) is 22.7 Å². The van der Waals surface area contributed by atoms with Gasteiger partial charge in [0.15, 0.2) is 5.82 Å². The molecule has 2 aromatic heterocycles. The number of amidine groups is 1. The molecule has 0 aliphatic carbocycles. The number of halogens is 1. The Kier molecular flexibility index (Phi) is 2.85. The van der Waals surface area contributed by atoms with Crippen LogP contribution in [0, 0.1) is 19.3 Å². The van der Waals surface area contributed by atoms with Crippen molar-refractivity contribution in [3.8, 4) is 5.82 Å². The third-order valence-corrected chi connectivity index (χ3v) is 2.56. The zero-order chi connectivity index (χ0) is 12.6. The van der Waals surface area contributed by atoms with Crippen LogP contribution in [0.15, 0.2) is 18.5 Å². The molecule has 0 aromatic carbocycles. The molecule has 5 nitrogen and oxygen atoms in total. The highest BCUT2D eigenvalue weighted by Gasteiger charge is 2.14. The highest BCUT2D eigenvalue weighted by atomic mass is 35.5. The van der Waals surface area contributed by atoms with Crippen molar-refractivity contribution in [2.24, 2.45) is 5.73 Å². The Morgan fingerprint density at radius 3 is 2.71 bits per heavy atom. The largest absolute Gasteiger partial charge is 0.384 e. The quantitative estimate of drug-likeness (QED) is 0.629. The second-order valence-electron chi connectivity index (χ2n) is 3.80. The van der Waals surface area contributed by atoms with Gasteiger partial charge in [0.25, 0.3) is 0 Å². The molecule has 6 heteroatoms. The van der Waals surface area contributed by atoms with E-state index in [1.165, 1.54) is 10.9 Å². The molecule has 0 aliphatic heterocycles. The lowest BCUT2D eigenvalue weighted by molar-refractivity contribution is 0.835. The van der Waals surface area contributed by atoms with Crippen molar-refractivity contribution in [3.63, 3.8) is 0 Å². The van der Waals surface area contributed by atoms with E-state index in [1.807, 2.05) is 19.9 Å². The minimum Gasteiger partial charge on any atom is -0.384 e. The Hall–Kier alpha value is -1.88. The summed E-state index contributed by atoms with van der Waals surface area (Å²) in [6.07, 6.45) is 3.15. The Morgan fingerprint density at radius 2 is 2.18 bits per heavy atom. The van der Waals surface area contributed by atoms with Gasteiger partial charge in [0.1, 0.15) is 5.84 Å². The zero-order valence-electron chi connectivity index (χ0n) is 9.53. The number of hydrogen-bond donors (Lipinski definition) is 2. The molecule has 0 saturated heterocycles. The lowest BCUT2D eigenvalue weighted by Gasteiger charge is -2.11. The number of nitrogens with two attached hydrogens (primary N) is 1. The highest BCUT2D eigenvalue weighted by Crippen LogP contribution is 2.18. The Labute approximate surface area is 104 Å². The van der Waals surface area contributed by atoms with Gasteiger partial charge in [-0.2, -0.15) is 5.10 Å². The van der Waals surface area contributed by atoms with E-state index in [2.05, 4.69) is 10.1 Å². The molecule has 0 saturated carbocycles. The maximum Gasteiger partial charge on any atom is 0.164 e. The molecule has 0 fully saturated rings. The normalized spacial score (nSPS) is 10.5. The second kappa shape index (κ2) is 4.18. The summed E-state index contributed by atoms with van der Waals surface area (Å²) in [5.74, 6) is 0.499. The summed E-state index contributed by atoms with van der Waals surface area (Å²) in [5, 5.41) is 12.2. The van der Waals surface area contributed by atoms with Crippen LogP contribution in [-0.2, 0) is 0 Å². The summed E-state index contributed by atoms with van der Waals surface area (Å²) in [7, 11) is 0. The first kappa shape index (κ1) is 11.6. The van der Waals surface area contributed by atoms with Crippen LogP contribution in [0.5, 0.6) is 0 Å². The molecule has 2 aromatic rings. The molecule has 0 bridgehead atoms. The van der Waals surface area contributed by atoms with Crippen LogP contribution in [0.2, 0.25) is 5.02 Å². The molecule has 0 unspecified atom stereocenters. The average molecular weight is 250 g/mol. The minimum absolute atomic E-state index is 0.0309. The Bertz CT molecular complexity index is 588. The van der Waals surface area contributed by atoms with E-state index in [-0.39, 0.29) is 5.84 Å². The zero-order valence-corrected chi connectivity index (χ0v) is 10.3. The van der Waals surface area contributed by atoms with Gasteiger partial charge in [-0.3, -0.25) is 5.41 Å². The summed E-state index contributed by atoms with van der Waals surface area (Å²) in [6, 6.07) is 1.88. The van der Waals surface area contributed by atoms with Crippen molar-refractivity contribution in [2.75, 3.05) is 0 Å². The van der Waals surface area contributed by atoms with Crippen LogP contribution < -0.4 is 5.73 Å². The summed E-state index contributed by atoms with van der Waals surface area (Å²) in [6.45, 7) is 3.77. The fraction of sp³-hybridized carbons (Fsp3) is 0.182. The second-order valence-corrected chi connectivity index (χ2v) is 4.23. The summed E-state index contributed by atoms with van der Waals surface area (Å²) in [4.78, 5) is 4.36. The molecular weight excluding hydrogens is 238 g/mol. The Morgan fingerprint density at radius 1 is 1.47 bits per heavy atom. The fourth-order valence-electron chi connectivity index (χ4n) is 1.73. The van der Waals surface area contributed by atoms with E-state index in [9.17, 15) is 0 Å². The van der Waals surface area contributed by atoms with Gasteiger partial charge >= 0.3 is 0 Å². The lowest BCUT2D eigenvalue weighted by atomic mass is 10.1. The van der Waals surface area contributed by atoms with Crippen LogP contribution in [0.4, 0.5) is 0 Å². The first-order valence-corrected chi connectivity index (χ1v) is 5.40. The molecule has 0 radical (unpaired) electrons. The third-order valence-electron chi connectivity index (χ3n) is 2.36. The average Bonchev–Trinajstić information content (AvgIpc) is 2.62. The first-order valence-electron chi connectivity index (χ1n) is 5.02. The maximum atomic E-state index is 7.61. The van der Waals surface area contributed by atoms with E-state index < -0.39 is 0 Å². The molecule has 88 valence electrons. The molecule has 0 spiro atoms. The van der Waals surface area contributed by atoms with E-state index in [0.717, 1.165) is 11.3 Å². The van der Waals surface area contributed by atoms with Crippen molar-refractivity contribution in [2.45, 2.75) is 13.8 Å². The van der Waals surface area contributed by atoms with Crippen LogP contribution in [0.1, 0.15) is 16.8 Å². The minimum atomic E-state index is -0.0309. The predicted molar refractivity (Wildman–Crippen MR) is 66.9 cm³/mol. The van der Waals surface area contributed by atoms with E-state index >= 15 is 0 Å². The molecule has 3 N–H and O–H groups in total. The highest BCUT2D eigenvalue weighted by molar-refractivity contribution is 6.30. The third kappa shape index (κ3) is 2.14. The van der Waals surface area contributed by atoms with Crippen LogP contribution >= 0.6 is 11.6 Å². The molecule has 2 heterocycles. The molecule has 0 aliphatic rings. The summed E-state index contributed by atoms with van der Waals surface area (Å²) < 4.78 is 1.53. The van der Waals surface area contributed by atoms with Crippen LogP contribution in [-0.4, -0.2) is 20.6 Å². The molecule has 2 rings (SSSR count). The number of aryl methyl sites for hydroxylation is 2. The van der Waals surface area contributed by atoms with Crippen LogP contribution in [0.3, 0.4) is 0 Å². The summed E-state index contributed by atoms with van der Waals surface area (Å²) >= 11 is 5.83. The Balaban J connectivity index is 2.71. The van der Waals surface area contributed by atoms with Gasteiger partial charge in [-0.25, -0.2) is 9.67 Å². The van der Waals surface area contributed by atoms with E-state index in [0.29, 0.717) is 16.4 Å². The monoisotopic (exact) mass is 249 g/mol. The number of aromatic nitrogens is 3. The maximum absolute atomic E-state index is 7.61. The number of hydrogen-bond acceptors (Lipinski definition) is 3. The molecular formula is C11H12ClN5. The van der Waals surface area contributed by atoms with Crippen molar-refractivity contribution in [1.29, 1.82) is 5.41 Å². The van der Waals surface area contributed by atoms with Crippen LogP contribution in [0.25, 0.3) is 5.82 Å². The van der Waals surface area contributed by atoms with Crippen molar-refractivity contribution < 1.29 is 0 Å². The van der Waals surface area contributed by atoms with Gasteiger partial charge in [-0.15, -0.1) is 0 Å². The van der Waals surface area contributed by atoms with Crippen molar-refractivity contribution in [1.82, 2.24) is 14.8 Å². The predicted octanol–water partition coefficient (Wildman–Crippen LogP) is 1.82.